The van der Waals surface area contributed by atoms with E-state index in [1.54, 1.807) is 6.20 Å². The lowest BCUT2D eigenvalue weighted by atomic mass is 9.99. The van der Waals surface area contributed by atoms with E-state index in [2.05, 4.69) is 15.7 Å². The summed E-state index contributed by atoms with van der Waals surface area (Å²) in [6.45, 7) is 1.59. The maximum absolute atomic E-state index is 13.2. The molecular weight excluding hydrogens is 300 g/mol. The van der Waals surface area contributed by atoms with Crippen molar-refractivity contribution in [3.63, 3.8) is 0 Å². The summed E-state index contributed by atoms with van der Waals surface area (Å²) in [5.41, 5.74) is 1.90. The zero-order valence-electron chi connectivity index (χ0n) is 13.9. The molecule has 1 atom stereocenters. The fourth-order valence-electron chi connectivity index (χ4n) is 3.73. The van der Waals surface area contributed by atoms with Gasteiger partial charge in [-0.15, -0.1) is 0 Å². The van der Waals surface area contributed by atoms with Crippen molar-refractivity contribution in [1.29, 1.82) is 0 Å². The van der Waals surface area contributed by atoms with Crippen LogP contribution in [0, 0.1) is 0 Å². The molecule has 4 rings (SSSR count). The number of likely N-dealkylation sites (tertiary alicyclic amines) is 1. The molecule has 0 spiro atoms. The van der Waals surface area contributed by atoms with Gasteiger partial charge >= 0.3 is 0 Å². The first-order chi connectivity index (χ1) is 11.7. The van der Waals surface area contributed by atoms with Crippen LogP contribution in [0.2, 0.25) is 0 Å². The summed E-state index contributed by atoms with van der Waals surface area (Å²) in [7, 11) is 2.01. The van der Waals surface area contributed by atoms with E-state index in [1.807, 2.05) is 53.3 Å². The van der Waals surface area contributed by atoms with Crippen LogP contribution in [0.3, 0.4) is 0 Å². The van der Waals surface area contributed by atoms with E-state index in [9.17, 15) is 4.79 Å². The summed E-state index contributed by atoms with van der Waals surface area (Å²) >= 11 is 0. The molecule has 1 amide bonds. The summed E-state index contributed by atoms with van der Waals surface area (Å²) < 4.78 is 3.99. The smallest absolute Gasteiger partial charge is 0.254 e. The van der Waals surface area contributed by atoms with Gasteiger partial charge in [-0.25, -0.2) is 0 Å². The van der Waals surface area contributed by atoms with Gasteiger partial charge in [-0.05, 0) is 43.5 Å². The summed E-state index contributed by atoms with van der Waals surface area (Å²) in [6.07, 6.45) is 9.06. The van der Waals surface area contributed by atoms with Crippen molar-refractivity contribution in [3.8, 4) is 0 Å². The van der Waals surface area contributed by atoms with Gasteiger partial charge in [-0.3, -0.25) is 9.48 Å². The predicted octanol–water partition coefficient (Wildman–Crippen LogP) is 3.07. The number of aryl methyl sites for hydroxylation is 1. The van der Waals surface area contributed by atoms with E-state index < -0.39 is 0 Å². The number of hydrogen-bond donors (Lipinski definition) is 0. The Labute approximate surface area is 141 Å². The zero-order chi connectivity index (χ0) is 16.5. The average Bonchev–Trinajstić information content (AvgIpc) is 3.25. The molecule has 0 unspecified atom stereocenters. The van der Waals surface area contributed by atoms with Crippen LogP contribution in [0.25, 0.3) is 10.9 Å². The summed E-state index contributed by atoms with van der Waals surface area (Å²) in [6, 6.07) is 10.2. The fourth-order valence-corrected chi connectivity index (χ4v) is 3.73. The number of nitrogens with zero attached hydrogens (tertiary/aromatic N) is 4. The third-order valence-corrected chi connectivity index (χ3v) is 5.00. The monoisotopic (exact) mass is 322 g/mol. The second-order valence-electron chi connectivity index (χ2n) is 6.54. The van der Waals surface area contributed by atoms with Gasteiger partial charge < -0.3 is 9.47 Å². The third kappa shape index (κ3) is 2.60. The Kier molecular flexibility index (Phi) is 3.84. The molecule has 124 valence electrons. The molecule has 1 saturated heterocycles. The maximum atomic E-state index is 13.2. The highest BCUT2D eigenvalue weighted by atomic mass is 16.2. The van der Waals surface area contributed by atoms with Gasteiger partial charge in [-0.2, -0.15) is 5.10 Å². The number of carbonyl (C=O) groups is 1. The second kappa shape index (κ2) is 6.15. The molecule has 2 aromatic heterocycles. The molecule has 1 aromatic carbocycles. The van der Waals surface area contributed by atoms with Crippen molar-refractivity contribution >= 4 is 16.8 Å². The minimum Gasteiger partial charge on any atom is -0.351 e. The number of piperidine rings is 1. The first-order valence-corrected chi connectivity index (χ1v) is 8.56. The van der Waals surface area contributed by atoms with Gasteiger partial charge in [0.25, 0.3) is 5.91 Å². The van der Waals surface area contributed by atoms with Crippen molar-refractivity contribution in [2.24, 2.45) is 7.05 Å². The predicted molar refractivity (Wildman–Crippen MR) is 93.8 cm³/mol. The van der Waals surface area contributed by atoms with Gasteiger partial charge in [0.15, 0.2) is 0 Å². The number of fused-ring (bicyclic) bond motifs is 1. The zero-order valence-corrected chi connectivity index (χ0v) is 13.9. The van der Waals surface area contributed by atoms with Crippen LogP contribution in [0.1, 0.15) is 29.6 Å². The Bertz CT molecular complexity index is 850. The molecule has 0 radical (unpaired) electrons. The third-order valence-electron chi connectivity index (χ3n) is 5.00. The molecule has 1 aliphatic heterocycles. The number of carbonyl (C=O) groups excluding carboxylic acids is 1. The number of amides is 1. The van der Waals surface area contributed by atoms with Crippen LogP contribution >= 0.6 is 0 Å². The normalized spacial score (nSPS) is 18.2. The summed E-state index contributed by atoms with van der Waals surface area (Å²) in [4.78, 5) is 15.3. The van der Waals surface area contributed by atoms with Gasteiger partial charge in [-0.1, -0.05) is 6.07 Å². The highest BCUT2D eigenvalue weighted by Crippen LogP contribution is 2.25. The minimum atomic E-state index is 0.142. The molecular formula is C19H22N4O. The molecule has 0 aliphatic carbocycles. The Morgan fingerprint density at radius 3 is 2.96 bits per heavy atom. The maximum Gasteiger partial charge on any atom is 0.254 e. The summed E-state index contributed by atoms with van der Waals surface area (Å²) in [5, 5.41) is 5.34. The number of hydrogen-bond acceptors (Lipinski definition) is 2. The average molecular weight is 322 g/mol. The van der Waals surface area contributed by atoms with Crippen molar-refractivity contribution in [1.82, 2.24) is 19.2 Å². The van der Waals surface area contributed by atoms with E-state index in [-0.39, 0.29) is 11.9 Å². The van der Waals surface area contributed by atoms with E-state index in [0.29, 0.717) is 0 Å². The number of aromatic nitrogens is 3. The van der Waals surface area contributed by atoms with Crippen LogP contribution in [0.5, 0.6) is 0 Å². The summed E-state index contributed by atoms with van der Waals surface area (Å²) in [5.74, 6) is 0.142. The molecule has 0 saturated carbocycles. The van der Waals surface area contributed by atoms with E-state index >= 15 is 0 Å². The lowest BCUT2D eigenvalue weighted by molar-refractivity contribution is 0.0586. The second-order valence-corrected chi connectivity index (χ2v) is 6.54. The SMILES string of the molecule is Cn1ccc2c(C(=O)N3CCCC[C@H]3Cn3cccn3)cccc21. The van der Waals surface area contributed by atoms with Crippen molar-refractivity contribution in [2.45, 2.75) is 31.8 Å². The minimum absolute atomic E-state index is 0.142. The Balaban J connectivity index is 1.65. The Morgan fingerprint density at radius 1 is 1.21 bits per heavy atom. The standard InChI is InChI=1S/C19H22N4O/c1-21-13-9-16-17(7-4-8-18(16)21)19(24)23-12-3-2-6-15(23)14-22-11-5-10-20-22/h4-5,7-11,13,15H,2-3,6,12,14H2,1H3/t15-/m0/s1. The molecule has 5 nitrogen and oxygen atoms in total. The van der Waals surface area contributed by atoms with Crippen molar-refractivity contribution in [3.05, 3.63) is 54.5 Å². The topological polar surface area (TPSA) is 43.1 Å². The fraction of sp³-hybridized carbons (Fsp3) is 0.368. The molecule has 1 fully saturated rings. The van der Waals surface area contributed by atoms with E-state index in [0.717, 1.165) is 42.4 Å². The molecule has 3 heterocycles. The van der Waals surface area contributed by atoms with Crippen LogP contribution in [0.15, 0.2) is 48.9 Å². The highest BCUT2D eigenvalue weighted by molar-refractivity contribution is 6.06. The molecule has 0 bridgehead atoms. The van der Waals surface area contributed by atoms with Gasteiger partial charge in [0.05, 0.1) is 12.6 Å². The van der Waals surface area contributed by atoms with Crippen LogP contribution in [-0.2, 0) is 13.6 Å². The van der Waals surface area contributed by atoms with Crippen LogP contribution in [0.4, 0.5) is 0 Å². The van der Waals surface area contributed by atoms with Gasteiger partial charge in [0, 0.05) is 48.6 Å². The van der Waals surface area contributed by atoms with Crippen molar-refractivity contribution < 1.29 is 4.79 Å². The molecule has 5 heteroatoms. The quantitative estimate of drug-likeness (QED) is 0.744. The van der Waals surface area contributed by atoms with E-state index in [4.69, 9.17) is 0 Å². The van der Waals surface area contributed by atoms with Gasteiger partial charge in [0.1, 0.15) is 0 Å². The molecule has 3 aromatic rings. The number of benzene rings is 1. The molecule has 0 N–H and O–H groups in total. The molecule has 24 heavy (non-hydrogen) atoms. The molecule has 1 aliphatic rings. The van der Waals surface area contributed by atoms with Gasteiger partial charge in [0.2, 0.25) is 0 Å². The first-order valence-electron chi connectivity index (χ1n) is 8.56. The lowest BCUT2D eigenvalue weighted by Gasteiger charge is -2.36. The van der Waals surface area contributed by atoms with Crippen molar-refractivity contribution in [2.75, 3.05) is 6.54 Å². The van der Waals surface area contributed by atoms with E-state index in [1.165, 1.54) is 6.42 Å². The lowest BCUT2D eigenvalue weighted by Crippen LogP contribution is -2.46. The highest BCUT2D eigenvalue weighted by Gasteiger charge is 2.28. The Morgan fingerprint density at radius 2 is 2.12 bits per heavy atom. The largest absolute Gasteiger partial charge is 0.351 e. The van der Waals surface area contributed by atoms with Crippen LogP contribution < -0.4 is 0 Å². The number of rotatable bonds is 3. The first kappa shape index (κ1) is 15.0. The van der Waals surface area contributed by atoms with Crippen LogP contribution in [-0.4, -0.2) is 37.7 Å². The Hall–Kier alpha value is -2.56.